The molecule has 5 heteroatoms. The molecule has 0 N–H and O–H groups in total. The molecule has 1 heterocycles. The summed E-state index contributed by atoms with van der Waals surface area (Å²) in [6, 6.07) is 14.5. The lowest BCUT2D eigenvalue weighted by molar-refractivity contribution is 0.412. The maximum absolute atomic E-state index is 5.25. The molecule has 21 heavy (non-hydrogen) atoms. The second-order valence-electron chi connectivity index (χ2n) is 4.55. The molecule has 0 radical (unpaired) electrons. The topological polar surface area (TPSA) is 21.6 Å². The van der Waals surface area contributed by atoms with Gasteiger partial charge in [-0.1, -0.05) is 47.8 Å². The molecule has 0 aromatic heterocycles. The number of fused-ring (bicyclic) bond motifs is 1. The van der Waals surface area contributed by atoms with Gasteiger partial charge in [-0.3, -0.25) is 0 Å². The summed E-state index contributed by atoms with van der Waals surface area (Å²) < 4.78 is 7.38. The number of methoxy groups -OCH3 is 1. The zero-order chi connectivity index (χ0) is 14.7. The van der Waals surface area contributed by atoms with Crippen LogP contribution < -0.4 is 4.74 Å². The highest BCUT2D eigenvalue weighted by atomic mass is 79.9. The Kier molecular flexibility index (Phi) is 4.93. The van der Waals surface area contributed by atoms with E-state index in [2.05, 4.69) is 46.3 Å². The lowest BCUT2D eigenvalue weighted by Gasteiger charge is -2.14. The fraction of sp³-hybridized carbons (Fsp3) is 0.188. The molecule has 0 saturated carbocycles. The van der Waals surface area contributed by atoms with Crippen molar-refractivity contribution in [2.24, 2.45) is 4.99 Å². The summed E-state index contributed by atoms with van der Waals surface area (Å²) >= 11 is 7.13. The van der Waals surface area contributed by atoms with Gasteiger partial charge in [-0.2, -0.15) is 0 Å². The Balaban J connectivity index is 1.69. The molecule has 108 valence electrons. The van der Waals surface area contributed by atoms with Gasteiger partial charge in [-0.15, -0.1) is 0 Å². The molecule has 0 unspecified atom stereocenters. The molecule has 0 fully saturated rings. The largest absolute Gasteiger partial charge is 0.496 e. The lowest BCUT2D eigenvalue weighted by Crippen LogP contribution is -1.96. The first-order valence-corrected chi connectivity index (χ1v) is 9.27. The van der Waals surface area contributed by atoms with E-state index in [-0.39, 0.29) is 0 Å². The number of benzene rings is 2. The molecule has 0 bridgehead atoms. The third-order valence-electron chi connectivity index (χ3n) is 3.13. The van der Waals surface area contributed by atoms with Crippen molar-refractivity contribution < 1.29 is 4.74 Å². The summed E-state index contributed by atoms with van der Waals surface area (Å²) in [5.41, 5.74) is 3.68. The van der Waals surface area contributed by atoms with Crippen molar-refractivity contribution in [3.05, 3.63) is 58.1 Å². The minimum absolute atomic E-state index is 0.863. The van der Waals surface area contributed by atoms with Crippen molar-refractivity contribution in [1.29, 1.82) is 0 Å². The fourth-order valence-corrected chi connectivity index (χ4v) is 4.62. The number of hydrogen-bond acceptors (Lipinski definition) is 4. The lowest BCUT2D eigenvalue weighted by atomic mass is 10.2. The summed E-state index contributed by atoms with van der Waals surface area (Å²) in [5.74, 6) is 2.78. The normalized spacial score (nSPS) is 13.5. The predicted molar refractivity (Wildman–Crippen MR) is 96.8 cm³/mol. The van der Waals surface area contributed by atoms with Gasteiger partial charge in [0.05, 0.1) is 17.3 Å². The molecule has 0 atom stereocenters. The number of nitrogens with zero attached hydrogens (tertiary/aromatic N) is 1. The van der Waals surface area contributed by atoms with Crippen LogP contribution in [0.1, 0.15) is 11.1 Å². The minimum atomic E-state index is 0.863. The molecule has 3 rings (SSSR count). The Morgan fingerprint density at radius 1 is 1.29 bits per heavy atom. The molecule has 0 aliphatic carbocycles. The summed E-state index contributed by atoms with van der Waals surface area (Å²) in [6.07, 6.45) is 0. The summed E-state index contributed by atoms with van der Waals surface area (Å²) in [5, 5.41) is 0. The average Bonchev–Trinajstić information content (AvgIpc) is 2.53. The van der Waals surface area contributed by atoms with Gasteiger partial charge < -0.3 is 4.74 Å². The van der Waals surface area contributed by atoms with Crippen molar-refractivity contribution in [2.45, 2.75) is 11.5 Å². The molecule has 2 aromatic rings. The van der Waals surface area contributed by atoms with Crippen LogP contribution in [0.2, 0.25) is 0 Å². The highest BCUT2D eigenvalue weighted by molar-refractivity contribution is 9.10. The van der Waals surface area contributed by atoms with E-state index >= 15 is 0 Å². The second-order valence-corrected chi connectivity index (χ2v) is 7.59. The predicted octanol–water partition coefficient (Wildman–Crippen LogP) is 5.63. The van der Waals surface area contributed by atoms with Gasteiger partial charge in [0.15, 0.2) is 0 Å². The van der Waals surface area contributed by atoms with Gasteiger partial charge in [0.2, 0.25) is 0 Å². The van der Waals surface area contributed by atoms with Crippen LogP contribution in [-0.2, 0) is 11.5 Å². The highest BCUT2D eigenvalue weighted by Crippen LogP contribution is 2.36. The van der Waals surface area contributed by atoms with Crippen LogP contribution in [0, 0.1) is 0 Å². The van der Waals surface area contributed by atoms with Gasteiger partial charge in [0.1, 0.15) is 10.1 Å². The van der Waals surface area contributed by atoms with E-state index in [0.717, 1.165) is 31.8 Å². The number of thioether (sulfide) groups is 2. The van der Waals surface area contributed by atoms with Gasteiger partial charge >= 0.3 is 0 Å². The minimum Gasteiger partial charge on any atom is -0.496 e. The first-order chi connectivity index (χ1) is 10.3. The van der Waals surface area contributed by atoms with E-state index in [0.29, 0.717) is 0 Å². The van der Waals surface area contributed by atoms with Crippen molar-refractivity contribution in [3.63, 3.8) is 0 Å². The zero-order valence-electron chi connectivity index (χ0n) is 11.5. The first-order valence-electron chi connectivity index (χ1n) is 6.51. The van der Waals surface area contributed by atoms with Crippen molar-refractivity contribution in [2.75, 3.05) is 7.11 Å². The molecule has 0 saturated heterocycles. The van der Waals surface area contributed by atoms with Crippen LogP contribution in [0.4, 0.5) is 5.69 Å². The maximum atomic E-state index is 5.25. The van der Waals surface area contributed by atoms with Crippen molar-refractivity contribution in [1.82, 2.24) is 0 Å². The number of halogens is 1. The molecule has 0 spiro atoms. The van der Waals surface area contributed by atoms with E-state index < -0.39 is 0 Å². The molecule has 0 amide bonds. The quantitative estimate of drug-likeness (QED) is 0.689. The SMILES string of the molecule is COc1ccc(CSC2=Nc3ccccc3CS2)cc1Br. The molecular formula is C16H14BrNOS2. The Bertz CT molecular complexity index is 688. The molecule has 2 aromatic carbocycles. The number of ether oxygens (including phenoxy) is 1. The van der Waals surface area contributed by atoms with Gasteiger partial charge in [0.25, 0.3) is 0 Å². The van der Waals surface area contributed by atoms with Gasteiger partial charge in [-0.05, 0) is 45.3 Å². The Hall–Kier alpha value is -0.910. The standard InChI is InChI=1S/C16H14BrNOS2/c1-19-15-7-6-11(8-13(15)17)9-20-16-18-14-5-3-2-4-12(14)10-21-16/h2-8H,9-10H2,1H3. The van der Waals surface area contributed by atoms with Crippen LogP contribution in [0.5, 0.6) is 5.75 Å². The van der Waals surface area contributed by atoms with Crippen LogP contribution in [0.25, 0.3) is 0 Å². The summed E-state index contributed by atoms with van der Waals surface area (Å²) in [4.78, 5) is 4.72. The van der Waals surface area contributed by atoms with E-state index in [9.17, 15) is 0 Å². The van der Waals surface area contributed by atoms with Crippen molar-refractivity contribution in [3.8, 4) is 5.75 Å². The highest BCUT2D eigenvalue weighted by Gasteiger charge is 2.12. The number of hydrogen-bond donors (Lipinski definition) is 0. The van der Waals surface area contributed by atoms with E-state index in [1.807, 2.05) is 23.9 Å². The monoisotopic (exact) mass is 379 g/mol. The number of aliphatic imine (C=N–C) groups is 1. The molecule has 1 aliphatic rings. The third-order valence-corrected chi connectivity index (χ3v) is 6.07. The van der Waals surface area contributed by atoms with Crippen LogP contribution in [-0.4, -0.2) is 11.5 Å². The van der Waals surface area contributed by atoms with Crippen LogP contribution >= 0.6 is 39.5 Å². The van der Waals surface area contributed by atoms with Crippen molar-refractivity contribution >= 4 is 49.5 Å². The van der Waals surface area contributed by atoms with E-state index in [4.69, 9.17) is 9.73 Å². The van der Waals surface area contributed by atoms with Gasteiger partial charge in [0, 0.05) is 11.5 Å². The van der Waals surface area contributed by atoms with Crippen LogP contribution in [0.3, 0.4) is 0 Å². The van der Waals surface area contributed by atoms with E-state index in [1.165, 1.54) is 11.1 Å². The fourth-order valence-electron chi connectivity index (χ4n) is 2.03. The zero-order valence-corrected chi connectivity index (χ0v) is 14.7. The average molecular weight is 380 g/mol. The Labute approximate surface area is 141 Å². The second kappa shape index (κ2) is 6.90. The first kappa shape index (κ1) is 15.0. The third kappa shape index (κ3) is 3.65. The van der Waals surface area contributed by atoms with Gasteiger partial charge in [-0.25, -0.2) is 4.99 Å². The van der Waals surface area contributed by atoms with E-state index in [1.54, 1.807) is 18.9 Å². The molecule has 1 aliphatic heterocycles. The number of para-hydroxylation sites is 1. The Morgan fingerprint density at radius 2 is 2.14 bits per heavy atom. The maximum Gasteiger partial charge on any atom is 0.133 e. The summed E-state index contributed by atoms with van der Waals surface area (Å²) in [6.45, 7) is 0. The van der Waals surface area contributed by atoms with Crippen LogP contribution in [0.15, 0.2) is 51.9 Å². The summed E-state index contributed by atoms with van der Waals surface area (Å²) in [7, 11) is 1.68. The molecular weight excluding hydrogens is 366 g/mol. The Morgan fingerprint density at radius 3 is 2.95 bits per heavy atom. The smallest absolute Gasteiger partial charge is 0.133 e. The number of rotatable bonds is 3. The molecule has 2 nitrogen and oxygen atoms in total.